The molecule has 1 aromatic heterocycles. The third-order valence-corrected chi connectivity index (χ3v) is 5.40. The van der Waals surface area contributed by atoms with Gasteiger partial charge in [0.1, 0.15) is 5.82 Å². The molecule has 0 bridgehead atoms. The highest BCUT2D eigenvalue weighted by Gasteiger charge is 2.27. The molecule has 0 saturated carbocycles. The van der Waals surface area contributed by atoms with Crippen LogP contribution in [0.3, 0.4) is 0 Å². The minimum Gasteiger partial charge on any atom is -0.372 e. The number of likely N-dealkylation sites (tertiary alicyclic amines) is 1. The van der Waals surface area contributed by atoms with Crippen LogP contribution in [0.2, 0.25) is 0 Å². The standard InChI is InChI=1S/C20H26N4O/c1-15-13-21-19(22-15)17-5-4-12-24(14-17)20(25)16-6-8-18(9-7-16)23-10-2-3-11-23/h6-9,13,17H,2-5,10-12,14H2,1H3,(H,21,22)/t17-/m1/s1. The van der Waals surface area contributed by atoms with Crippen molar-refractivity contribution in [2.75, 3.05) is 31.1 Å². The molecule has 1 aromatic carbocycles. The number of nitrogens with zero attached hydrogens (tertiary/aromatic N) is 3. The van der Waals surface area contributed by atoms with Gasteiger partial charge >= 0.3 is 0 Å². The summed E-state index contributed by atoms with van der Waals surface area (Å²) in [4.78, 5) is 25.1. The second-order valence-corrected chi connectivity index (χ2v) is 7.28. The van der Waals surface area contributed by atoms with Gasteiger partial charge in [0.15, 0.2) is 0 Å². The molecule has 2 fully saturated rings. The number of benzene rings is 1. The molecule has 0 unspecified atom stereocenters. The number of aryl methyl sites for hydroxylation is 1. The Balaban J connectivity index is 1.44. The Morgan fingerprint density at radius 1 is 1.12 bits per heavy atom. The number of piperidine rings is 1. The van der Waals surface area contributed by atoms with Gasteiger partial charge in [0.25, 0.3) is 5.91 Å². The van der Waals surface area contributed by atoms with E-state index in [2.05, 4.69) is 27.0 Å². The molecule has 2 aromatic rings. The third-order valence-electron chi connectivity index (χ3n) is 5.40. The van der Waals surface area contributed by atoms with Crippen LogP contribution < -0.4 is 4.90 Å². The normalized spacial score (nSPS) is 20.9. The second kappa shape index (κ2) is 6.90. The highest BCUT2D eigenvalue weighted by atomic mass is 16.2. The zero-order valence-corrected chi connectivity index (χ0v) is 14.9. The number of hydrogen-bond donors (Lipinski definition) is 1. The number of carbonyl (C=O) groups is 1. The van der Waals surface area contributed by atoms with Gasteiger partial charge in [0, 0.05) is 55.2 Å². The van der Waals surface area contributed by atoms with Crippen molar-refractivity contribution in [3.8, 4) is 0 Å². The van der Waals surface area contributed by atoms with Crippen LogP contribution in [0.15, 0.2) is 30.5 Å². The van der Waals surface area contributed by atoms with E-state index in [0.717, 1.165) is 56.1 Å². The number of carbonyl (C=O) groups excluding carboxylic acids is 1. The second-order valence-electron chi connectivity index (χ2n) is 7.28. The summed E-state index contributed by atoms with van der Waals surface area (Å²) in [5.41, 5.74) is 3.10. The lowest BCUT2D eigenvalue weighted by Gasteiger charge is -2.32. The van der Waals surface area contributed by atoms with Crippen LogP contribution in [0.5, 0.6) is 0 Å². The first-order valence-electron chi connectivity index (χ1n) is 9.36. The lowest BCUT2D eigenvalue weighted by Crippen LogP contribution is -2.39. The summed E-state index contributed by atoms with van der Waals surface area (Å²) in [6, 6.07) is 8.15. The highest BCUT2D eigenvalue weighted by Crippen LogP contribution is 2.27. The predicted octanol–water partition coefficient (Wildman–Crippen LogP) is 3.34. The Kier molecular flexibility index (Phi) is 4.47. The van der Waals surface area contributed by atoms with Gasteiger partial charge in [-0.2, -0.15) is 0 Å². The molecule has 0 radical (unpaired) electrons. The fourth-order valence-electron chi connectivity index (χ4n) is 4.00. The van der Waals surface area contributed by atoms with Crippen LogP contribution in [0.25, 0.3) is 0 Å². The minimum atomic E-state index is 0.140. The molecule has 5 heteroatoms. The van der Waals surface area contributed by atoms with Crippen LogP contribution in [-0.2, 0) is 0 Å². The molecule has 0 aliphatic carbocycles. The topological polar surface area (TPSA) is 52.2 Å². The molecule has 1 amide bonds. The fourth-order valence-corrected chi connectivity index (χ4v) is 4.00. The van der Waals surface area contributed by atoms with Gasteiger partial charge in [0.2, 0.25) is 0 Å². The quantitative estimate of drug-likeness (QED) is 0.934. The van der Waals surface area contributed by atoms with Crippen LogP contribution in [-0.4, -0.2) is 47.0 Å². The van der Waals surface area contributed by atoms with Gasteiger partial charge in [-0.15, -0.1) is 0 Å². The van der Waals surface area contributed by atoms with Gasteiger partial charge in [-0.1, -0.05) is 0 Å². The summed E-state index contributed by atoms with van der Waals surface area (Å²) in [7, 11) is 0. The molecule has 2 aliphatic rings. The fraction of sp³-hybridized carbons (Fsp3) is 0.500. The van der Waals surface area contributed by atoms with Crippen molar-refractivity contribution in [2.24, 2.45) is 0 Å². The van der Waals surface area contributed by atoms with Gasteiger partial charge in [-0.25, -0.2) is 4.98 Å². The maximum absolute atomic E-state index is 12.9. The zero-order chi connectivity index (χ0) is 17.2. The van der Waals surface area contributed by atoms with E-state index in [-0.39, 0.29) is 5.91 Å². The van der Waals surface area contributed by atoms with Gasteiger partial charge in [-0.3, -0.25) is 4.79 Å². The number of anilines is 1. The summed E-state index contributed by atoms with van der Waals surface area (Å²) in [6.45, 7) is 5.86. The number of rotatable bonds is 3. The van der Waals surface area contributed by atoms with E-state index in [1.165, 1.54) is 18.5 Å². The van der Waals surface area contributed by atoms with E-state index in [4.69, 9.17) is 0 Å². The van der Waals surface area contributed by atoms with Gasteiger partial charge in [-0.05, 0) is 56.9 Å². The van der Waals surface area contributed by atoms with E-state index in [1.807, 2.05) is 30.2 Å². The molecular weight excluding hydrogens is 312 g/mol. The van der Waals surface area contributed by atoms with Crippen LogP contribution in [0.1, 0.15) is 53.5 Å². The van der Waals surface area contributed by atoms with Crippen LogP contribution in [0, 0.1) is 6.92 Å². The summed E-state index contributed by atoms with van der Waals surface area (Å²) >= 11 is 0. The van der Waals surface area contributed by atoms with Crippen LogP contribution in [0.4, 0.5) is 5.69 Å². The van der Waals surface area contributed by atoms with Crippen molar-refractivity contribution in [1.29, 1.82) is 0 Å². The molecule has 1 atom stereocenters. The molecular formula is C20H26N4O. The number of amides is 1. The lowest BCUT2D eigenvalue weighted by molar-refractivity contribution is 0.0705. The zero-order valence-electron chi connectivity index (χ0n) is 14.9. The predicted molar refractivity (Wildman–Crippen MR) is 99.1 cm³/mol. The molecule has 2 saturated heterocycles. The van der Waals surface area contributed by atoms with E-state index >= 15 is 0 Å². The molecule has 3 heterocycles. The van der Waals surface area contributed by atoms with E-state index in [9.17, 15) is 4.79 Å². The van der Waals surface area contributed by atoms with Crippen molar-refractivity contribution in [3.63, 3.8) is 0 Å². The SMILES string of the molecule is Cc1cnc([C@@H]2CCCN(C(=O)c3ccc(N4CCCC4)cc3)C2)[nH]1. The lowest BCUT2D eigenvalue weighted by atomic mass is 9.96. The Hall–Kier alpha value is -2.30. The number of nitrogens with one attached hydrogen (secondary N) is 1. The molecule has 0 spiro atoms. The maximum Gasteiger partial charge on any atom is 0.253 e. The van der Waals surface area contributed by atoms with E-state index < -0.39 is 0 Å². The maximum atomic E-state index is 12.9. The Labute approximate surface area is 149 Å². The van der Waals surface area contributed by atoms with Crippen molar-refractivity contribution in [3.05, 3.63) is 47.5 Å². The average Bonchev–Trinajstić information content (AvgIpc) is 3.33. The summed E-state index contributed by atoms with van der Waals surface area (Å²) in [6.07, 6.45) is 6.52. The van der Waals surface area contributed by atoms with E-state index in [1.54, 1.807) is 0 Å². The Morgan fingerprint density at radius 2 is 1.88 bits per heavy atom. The molecule has 1 N–H and O–H groups in total. The molecule has 2 aliphatic heterocycles. The summed E-state index contributed by atoms with van der Waals surface area (Å²) in [5, 5.41) is 0. The number of aromatic nitrogens is 2. The van der Waals surface area contributed by atoms with E-state index in [0.29, 0.717) is 5.92 Å². The largest absolute Gasteiger partial charge is 0.372 e. The summed E-state index contributed by atoms with van der Waals surface area (Å²) in [5.74, 6) is 1.47. The van der Waals surface area contributed by atoms with Crippen molar-refractivity contribution in [2.45, 2.75) is 38.5 Å². The number of hydrogen-bond acceptors (Lipinski definition) is 3. The monoisotopic (exact) mass is 338 g/mol. The van der Waals surface area contributed by atoms with Crippen molar-refractivity contribution < 1.29 is 4.79 Å². The highest BCUT2D eigenvalue weighted by molar-refractivity contribution is 5.94. The molecule has 25 heavy (non-hydrogen) atoms. The first-order chi connectivity index (χ1) is 12.2. The third kappa shape index (κ3) is 3.41. The number of H-pyrrole nitrogens is 1. The Morgan fingerprint density at radius 3 is 2.56 bits per heavy atom. The van der Waals surface area contributed by atoms with Crippen LogP contribution >= 0.6 is 0 Å². The number of aromatic amines is 1. The van der Waals surface area contributed by atoms with Gasteiger partial charge in [0.05, 0.1) is 0 Å². The average molecular weight is 338 g/mol. The first kappa shape index (κ1) is 16.2. The van der Waals surface area contributed by atoms with Gasteiger partial charge < -0.3 is 14.8 Å². The minimum absolute atomic E-state index is 0.140. The summed E-state index contributed by atoms with van der Waals surface area (Å²) < 4.78 is 0. The number of imidazole rings is 1. The Bertz CT molecular complexity index is 730. The molecule has 5 nitrogen and oxygen atoms in total. The first-order valence-corrected chi connectivity index (χ1v) is 9.36. The van der Waals surface area contributed by atoms with Crippen molar-refractivity contribution >= 4 is 11.6 Å². The smallest absolute Gasteiger partial charge is 0.253 e. The molecule has 4 rings (SSSR count). The molecule has 132 valence electrons. The van der Waals surface area contributed by atoms with Crippen molar-refractivity contribution in [1.82, 2.24) is 14.9 Å².